The van der Waals surface area contributed by atoms with Crippen LogP contribution in [-0.4, -0.2) is 0 Å². The lowest BCUT2D eigenvalue weighted by molar-refractivity contribution is 0.287. The molecular formula is C17H28. The monoisotopic (exact) mass is 232 g/mol. The fraction of sp³-hybridized carbons (Fsp3) is 0.765. The molecule has 2 radical (unpaired) electrons. The van der Waals surface area contributed by atoms with Crippen LogP contribution in [0.1, 0.15) is 71.1 Å². The van der Waals surface area contributed by atoms with E-state index in [1.54, 1.807) is 5.92 Å². The van der Waals surface area contributed by atoms with E-state index < -0.39 is 0 Å². The zero-order chi connectivity index (χ0) is 12.1. The third-order valence-electron chi connectivity index (χ3n) is 4.94. The van der Waals surface area contributed by atoms with Crippen LogP contribution in [0, 0.1) is 23.7 Å². The van der Waals surface area contributed by atoms with Crippen LogP contribution in [-0.2, 0) is 0 Å². The minimum Gasteiger partial charge on any atom is -0.102 e. The van der Waals surface area contributed by atoms with Gasteiger partial charge in [0, 0.05) is 0 Å². The maximum Gasteiger partial charge on any atom is -0.00299 e. The van der Waals surface area contributed by atoms with E-state index in [4.69, 9.17) is 0 Å². The highest BCUT2D eigenvalue weighted by Gasteiger charge is 2.30. The van der Waals surface area contributed by atoms with E-state index in [-0.39, 0.29) is 0 Å². The molecule has 0 aliphatic heterocycles. The average molecular weight is 232 g/mol. The minimum absolute atomic E-state index is 0.960. The second kappa shape index (κ2) is 6.61. The van der Waals surface area contributed by atoms with Gasteiger partial charge in [0.2, 0.25) is 0 Å². The maximum absolute atomic E-state index is 3.91. The number of hydrogen-bond acceptors (Lipinski definition) is 0. The van der Waals surface area contributed by atoms with Crippen molar-refractivity contribution in [3.8, 4) is 0 Å². The Morgan fingerprint density at radius 2 is 1.71 bits per heavy atom. The predicted molar refractivity (Wildman–Crippen MR) is 75.5 cm³/mol. The van der Waals surface area contributed by atoms with E-state index >= 15 is 0 Å². The summed E-state index contributed by atoms with van der Waals surface area (Å²) in [5, 5.41) is 0. The summed E-state index contributed by atoms with van der Waals surface area (Å²) in [5.41, 5.74) is 0. The predicted octanol–water partition coefficient (Wildman–Crippen LogP) is 5.50. The van der Waals surface area contributed by atoms with E-state index in [0.717, 1.165) is 11.8 Å². The minimum atomic E-state index is 0.960. The van der Waals surface area contributed by atoms with E-state index in [2.05, 4.69) is 19.6 Å². The van der Waals surface area contributed by atoms with Crippen molar-refractivity contribution in [1.29, 1.82) is 0 Å². The largest absolute Gasteiger partial charge is 0.102 e. The molecule has 0 nitrogen and oxygen atoms in total. The molecule has 0 unspecified atom stereocenters. The molecular weight excluding hydrogens is 204 g/mol. The van der Waals surface area contributed by atoms with Crippen LogP contribution in [0.5, 0.6) is 0 Å². The van der Waals surface area contributed by atoms with Gasteiger partial charge in [0.05, 0.1) is 0 Å². The lowest BCUT2D eigenvalue weighted by atomic mass is 9.69. The van der Waals surface area contributed by atoms with Crippen LogP contribution in [0.15, 0.2) is 12.7 Å². The van der Waals surface area contributed by atoms with Gasteiger partial charge in [-0.1, -0.05) is 25.8 Å². The molecule has 0 heteroatoms. The zero-order valence-corrected chi connectivity index (χ0v) is 11.5. The quantitative estimate of drug-likeness (QED) is 0.600. The lowest BCUT2D eigenvalue weighted by Gasteiger charge is -2.36. The van der Waals surface area contributed by atoms with Gasteiger partial charge in [0.1, 0.15) is 0 Å². The van der Waals surface area contributed by atoms with Crippen LogP contribution >= 0.6 is 0 Å². The first-order valence-electron chi connectivity index (χ1n) is 7.65. The first-order valence-corrected chi connectivity index (χ1v) is 7.65. The standard InChI is InChI=1S/C17H28/c1-3-5-15-8-12-17(13-9-15)16-10-6-14(4-2)7-11-16/h4,15-16H,2-3,5-13H2,1H3. The molecule has 0 aromatic heterocycles. The Kier molecular flexibility index (Phi) is 5.13. The Balaban J connectivity index is 1.72. The molecule has 2 aliphatic rings. The highest BCUT2D eigenvalue weighted by Crippen LogP contribution is 2.43. The number of allylic oxidation sites excluding steroid dienone is 1. The van der Waals surface area contributed by atoms with Crippen molar-refractivity contribution in [3.05, 3.63) is 24.5 Å². The highest BCUT2D eigenvalue weighted by molar-refractivity contribution is 5.12. The molecule has 0 spiro atoms. The topological polar surface area (TPSA) is 0 Å². The van der Waals surface area contributed by atoms with Crippen molar-refractivity contribution in [2.24, 2.45) is 11.8 Å². The van der Waals surface area contributed by atoms with Crippen molar-refractivity contribution in [3.63, 3.8) is 0 Å². The molecule has 2 saturated carbocycles. The van der Waals surface area contributed by atoms with Gasteiger partial charge in [-0.2, -0.15) is 0 Å². The summed E-state index contributed by atoms with van der Waals surface area (Å²) in [4.78, 5) is 0. The fourth-order valence-electron chi connectivity index (χ4n) is 3.75. The SMILES string of the molecule is C=C[C]1CCC([C]2CCC(CCC)CC2)CC1. The molecule has 96 valence electrons. The maximum atomic E-state index is 3.91. The summed E-state index contributed by atoms with van der Waals surface area (Å²) in [5.74, 6) is 5.52. The molecule has 0 aromatic carbocycles. The normalized spacial score (nSPS) is 26.2. The summed E-state index contributed by atoms with van der Waals surface area (Å²) in [6, 6.07) is 0. The second-order valence-corrected chi connectivity index (χ2v) is 6.03. The highest BCUT2D eigenvalue weighted by atomic mass is 14.3. The van der Waals surface area contributed by atoms with Crippen LogP contribution in [0.25, 0.3) is 0 Å². The lowest BCUT2D eigenvalue weighted by Crippen LogP contribution is -2.23. The Morgan fingerprint density at radius 1 is 1.06 bits per heavy atom. The van der Waals surface area contributed by atoms with Crippen molar-refractivity contribution in [2.75, 3.05) is 0 Å². The van der Waals surface area contributed by atoms with Crippen LogP contribution in [0.3, 0.4) is 0 Å². The molecule has 0 saturated heterocycles. The second-order valence-electron chi connectivity index (χ2n) is 6.03. The molecule has 0 amide bonds. The van der Waals surface area contributed by atoms with Gasteiger partial charge in [-0.25, -0.2) is 0 Å². The first-order chi connectivity index (χ1) is 8.33. The number of hydrogen-bond donors (Lipinski definition) is 0. The summed E-state index contributed by atoms with van der Waals surface area (Å²) >= 11 is 0. The van der Waals surface area contributed by atoms with Gasteiger partial charge in [0.15, 0.2) is 0 Å². The van der Waals surface area contributed by atoms with Gasteiger partial charge in [0.25, 0.3) is 0 Å². The van der Waals surface area contributed by atoms with Crippen LogP contribution in [0.4, 0.5) is 0 Å². The first kappa shape index (κ1) is 13.2. The zero-order valence-electron chi connectivity index (χ0n) is 11.5. The van der Waals surface area contributed by atoms with E-state index in [0.29, 0.717) is 0 Å². The average Bonchev–Trinajstić information content (AvgIpc) is 2.40. The van der Waals surface area contributed by atoms with Crippen molar-refractivity contribution >= 4 is 0 Å². The Morgan fingerprint density at radius 3 is 2.24 bits per heavy atom. The molecule has 2 rings (SSSR count). The van der Waals surface area contributed by atoms with Crippen molar-refractivity contribution in [2.45, 2.75) is 71.1 Å². The smallest absolute Gasteiger partial charge is 0.00299 e. The number of rotatable bonds is 4. The van der Waals surface area contributed by atoms with Gasteiger partial charge in [-0.15, -0.1) is 6.58 Å². The molecule has 0 aromatic rings. The Labute approximate surface area is 108 Å². The van der Waals surface area contributed by atoms with Crippen molar-refractivity contribution in [1.82, 2.24) is 0 Å². The summed E-state index contributed by atoms with van der Waals surface area (Å²) < 4.78 is 0. The Bertz CT molecular complexity index is 214. The van der Waals surface area contributed by atoms with E-state index in [9.17, 15) is 0 Å². The van der Waals surface area contributed by atoms with Gasteiger partial charge < -0.3 is 0 Å². The molecule has 0 atom stereocenters. The molecule has 2 fully saturated rings. The van der Waals surface area contributed by atoms with Gasteiger partial charge in [-0.3, -0.25) is 0 Å². The van der Waals surface area contributed by atoms with Crippen LogP contribution < -0.4 is 0 Å². The molecule has 0 heterocycles. The molecule has 0 bridgehead atoms. The van der Waals surface area contributed by atoms with Crippen molar-refractivity contribution < 1.29 is 0 Å². The van der Waals surface area contributed by atoms with Crippen LogP contribution in [0.2, 0.25) is 0 Å². The fourth-order valence-corrected chi connectivity index (χ4v) is 3.75. The van der Waals surface area contributed by atoms with E-state index in [1.165, 1.54) is 64.2 Å². The van der Waals surface area contributed by atoms with Gasteiger partial charge >= 0.3 is 0 Å². The Hall–Kier alpha value is -0.260. The third kappa shape index (κ3) is 3.60. The summed E-state index contributed by atoms with van der Waals surface area (Å²) in [6.45, 7) is 6.23. The van der Waals surface area contributed by atoms with E-state index in [1.807, 2.05) is 5.92 Å². The summed E-state index contributed by atoms with van der Waals surface area (Å²) in [6.07, 6.45) is 16.2. The third-order valence-corrected chi connectivity index (χ3v) is 4.94. The summed E-state index contributed by atoms with van der Waals surface area (Å²) in [7, 11) is 0. The van der Waals surface area contributed by atoms with Gasteiger partial charge in [-0.05, 0) is 75.0 Å². The molecule has 17 heavy (non-hydrogen) atoms. The molecule has 0 N–H and O–H groups in total. The molecule has 2 aliphatic carbocycles.